The van der Waals surface area contributed by atoms with Gasteiger partial charge >= 0.3 is 0 Å². The van der Waals surface area contributed by atoms with E-state index < -0.39 is 0 Å². The van der Waals surface area contributed by atoms with Gasteiger partial charge in [-0.1, -0.05) is 18.2 Å². The number of thiophene rings is 1. The van der Waals surface area contributed by atoms with E-state index in [1.54, 1.807) is 11.0 Å². The van der Waals surface area contributed by atoms with Gasteiger partial charge in [-0.15, -0.1) is 11.3 Å². The van der Waals surface area contributed by atoms with Gasteiger partial charge in [0.05, 0.1) is 17.5 Å². The summed E-state index contributed by atoms with van der Waals surface area (Å²) in [6.07, 6.45) is -0.211. The Morgan fingerprint density at radius 2 is 2.26 bits per heavy atom. The molecule has 120 valence electrons. The molecule has 0 bridgehead atoms. The van der Waals surface area contributed by atoms with Gasteiger partial charge in [-0.3, -0.25) is 9.59 Å². The maximum Gasteiger partial charge on any atom is 0.261 e. The normalized spacial score (nSPS) is 18.0. The highest BCUT2D eigenvalue weighted by Crippen LogP contribution is 2.19. The second kappa shape index (κ2) is 6.93. The highest BCUT2D eigenvalue weighted by molar-refractivity contribution is 7.12. The third-order valence-corrected chi connectivity index (χ3v) is 4.55. The number of morpholine rings is 1. The maximum atomic E-state index is 12.1. The summed E-state index contributed by atoms with van der Waals surface area (Å²) in [5.41, 5.74) is 1.97. The molecule has 0 aliphatic carbocycles. The van der Waals surface area contributed by atoms with Gasteiger partial charge in [0.15, 0.2) is 0 Å². The van der Waals surface area contributed by atoms with Crippen LogP contribution < -0.4 is 10.2 Å². The number of anilines is 1. The molecular formula is C17H18N2O3S. The largest absolute Gasteiger partial charge is 0.365 e. The smallest absolute Gasteiger partial charge is 0.261 e. The van der Waals surface area contributed by atoms with E-state index in [1.807, 2.05) is 42.6 Å². The molecule has 1 aliphatic rings. The van der Waals surface area contributed by atoms with Gasteiger partial charge in [-0.2, -0.15) is 0 Å². The number of amides is 2. The molecule has 1 aliphatic heterocycles. The Hall–Kier alpha value is -2.18. The summed E-state index contributed by atoms with van der Waals surface area (Å²) in [4.78, 5) is 26.5. The molecule has 1 aromatic heterocycles. The van der Waals surface area contributed by atoms with Crippen molar-refractivity contribution in [3.05, 3.63) is 52.2 Å². The third kappa shape index (κ3) is 3.78. The van der Waals surface area contributed by atoms with Crippen LogP contribution in [-0.2, 0) is 9.53 Å². The zero-order valence-corrected chi connectivity index (χ0v) is 13.6. The van der Waals surface area contributed by atoms with E-state index >= 15 is 0 Å². The molecule has 2 amide bonds. The number of nitrogens with one attached hydrogen (secondary N) is 1. The average Bonchev–Trinajstić information content (AvgIpc) is 3.08. The zero-order chi connectivity index (χ0) is 16.2. The lowest BCUT2D eigenvalue weighted by Crippen LogP contribution is -2.50. The fourth-order valence-corrected chi connectivity index (χ4v) is 3.14. The minimum atomic E-state index is -0.211. The number of carbonyl (C=O) groups is 2. The number of benzene rings is 1. The standard InChI is InChI=1S/C17H18N2O3S/c1-12-4-2-5-13(8-12)19-10-14(22-11-16(19)20)9-18-17(21)15-6-3-7-23-15/h2-8,14H,9-11H2,1H3,(H,18,21). The van der Waals surface area contributed by atoms with Crippen molar-refractivity contribution in [1.29, 1.82) is 0 Å². The molecule has 3 rings (SSSR count). The quantitative estimate of drug-likeness (QED) is 0.935. The SMILES string of the molecule is Cc1cccc(N2CC(CNC(=O)c3cccs3)OCC2=O)c1. The second-order valence-electron chi connectivity index (χ2n) is 5.46. The molecular weight excluding hydrogens is 312 g/mol. The fraction of sp³-hybridized carbons (Fsp3) is 0.294. The van der Waals surface area contributed by atoms with Crippen LogP contribution in [0, 0.1) is 6.92 Å². The topological polar surface area (TPSA) is 58.6 Å². The van der Waals surface area contributed by atoms with E-state index in [1.165, 1.54) is 11.3 Å². The van der Waals surface area contributed by atoms with Crippen molar-refractivity contribution in [1.82, 2.24) is 5.32 Å². The maximum absolute atomic E-state index is 12.1. The van der Waals surface area contributed by atoms with Crippen molar-refractivity contribution < 1.29 is 14.3 Å². The summed E-state index contributed by atoms with van der Waals surface area (Å²) in [6, 6.07) is 11.4. The highest BCUT2D eigenvalue weighted by atomic mass is 32.1. The monoisotopic (exact) mass is 330 g/mol. The fourth-order valence-electron chi connectivity index (χ4n) is 2.50. The summed E-state index contributed by atoms with van der Waals surface area (Å²) in [7, 11) is 0. The molecule has 6 heteroatoms. The molecule has 1 unspecified atom stereocenters. The lowest BCUT2D eigenvalue weighted by atomic mass is 10.1. The van der Waals surface area contributed by atoms with E-state index in [-0.39, 0.29) is 24.5 Å². The molecule has 1 fully saturated rings. The van der Waals surface area contributed by atoms with Gasteiger partial charge in [-0.05, 0) is 36.1 Å². The van der Waals surface area contributed by atoms with Crippen LogP contribution in [0.2, 0.25) is 0 Å². The summed E-state index contributed by atoms with van der Waals surface area (Å²) < 4.78 is 5.54. The number of rotatable bonds is 4. The third-order valence-electron chi connectivity index (χ3n) is 3.68. The second-order valence-corrected chi connectivity index (χ2v) is 6.41. The number of ether oxygens (including phenoxy) is 1. The Balaban J connectivity index is 1.61. The number of hydrogen-bond acceptors (Lipinski definition) is 4. The first-order chi connectivity index (χ1) is 11.1. The van der Waals surface area contributed by atoms with E-state index in [0.717, 1.165) is 11.3 Å². The minimum Gasteiger partial charge on any atom is -0.365 e. The molecule has 5 nitrogen and oxygen atoms in total. The van der Waals surface area contributed by atoms with Crippen molar-refractivity contribution in [3.63, 3.8) is 0 Å². The van der Waals surface area contributed by atoms with Crippen LogP contribution in [0.4, 0.5) is 5.69 Å². The Morgan fingerprint density at radius 1 is 1.39 bits per heavy atom. The molecule has 1 N–H and O–H groups in total. The van der Waals surface area contributed by atoms with Crippen LogP contribution >= 0.6 is 11.3 Å². The average molecular weight is 330 g/mol. The van der Waals surface area contributed by atoms with Crippen LogP contribution in [0.15, 0.2) is 41.8 Å². The Labute approximate surface area is 138 Å². The number of carbonyl (C=O) groups excluding carboxylic acids is 2. The van der Waals surface area contributed by atoms with Gasteiger partial charge in [0.25, 0.3) is 11.8 Å². The Bertz CT molecular complexity index is 700. The predicted octanol–water partition coefficient (Wildman–Crippen LogP) is 2.22. The molecule has 2 heterocycles. The molecule has 23 heavy (non-hydrogen) atoms. The van der Waals surface area contributed by atoms with Gasteiger partial charge in [0, 0.05) is 12.2 Å². The van der Waals surface area contributed by atoms with Crippen LogP contribution in [0.1, 0.15) is 15.2 Å². The molecule has 0 spiro atoms. The van der Waals surface area contributed by atoms with Crippen LogP contribution in [0.5, 0.6) is 0 Å². The van der Waals surface area contributed by atoms with Crippen molar-refractivity contribution in [2.24, 2.45) is 0 Å². The first kappa shape index (κ1) is 15.7. The highest BCUT2D eigenvalue weighted by Gasteiger charge is 2.27. The van der Waals surface area contributed by atoms with Gasteiger partial charge in [0.2, 0.25) is 0 Å². The number of aryl methyl sites for hydroxylation is 1. The Kier molecular flexibility index (Phi) is 4.73. The molecule has 2 aromatic rings. The number of nitrogens with zero attached hydrogens (tertiary/aromatic N) is 1. The van der Waals surface area contributed by atoms with Crippen molar-refractivity contribution in [3.8, 4) is 0 Å². The first-order valence-corrected chi connectivity index (χ1v) is 8.32. The molecule has 0 radical (unpaired) electrons. The van der Waals surface area contributed by atoms with Crippen LogP contribution in [0.3, 0.4) is 0 Å². The summed E-state index contributed by atoms with van der Waals surface area (Å²) in [6.45, 7) is 2.85. The molecule has 1 saturated heterocycles. The lowest BCUT2D eigenvalue weighted by molar-refractivity contribution is -0.129. The molecule has 1 aromatic carbocycles. The lowest BCUT2D eigenvalue weighted by Gasteiger charge is -2.33. The van der Waals surface area contributed by atoms with Crippen LogP contribution in [-0.4, -0.2) is 37.6 Å². The van der Waals surface area contributed by atoms with E-state index in [2.05, 4.69) is 5.32 Å². The van der Waals surface area contributed by atoms with Crippen molar-refractivity contribution in [2.45, 2.75) is 13.0 Å². The van der Waals surface area contributed by atoms with E-state index in [4.69, 9.17) is 4.74 Å². The van der Waals surface area contributed by atoms with Gasteiger partial charge in [0.1, 0.15) is 6.61 Å². The van der Waals surface area contributed by atoms with E-state index in [0.29, 0.717) is 18.0 Å². The van der Waals surface area contributed by atoms with Crippen LogP contribution in [0.25, 0.3) is 0 Å². The predicted molar refractivity (Wildman–Crippen MR) is 89.9 cm³/mol. The van der Waals surface area contributed by atoms with Gasteiger partial charge < -0.3 is 15.0 Å². The Morgan fingerprint density at radius 3 is 3.00 bits per heavy atom. The van der Waals surface area contributed by atoms with E-state index in [9.17, 15) is 9.59 Å². The zero-order valence-electron chi connectivity index (χ0n) is 12.8. The summed E-state index contributed by atoms with van der Waals surface area (Å²) >= 11 is 1.40. The minimum absolute atomic E-state index is 0.0352. The molecule has 1 atom stereocenters. The summed E-state index contributed by atoms with van der Waals surface area (Å²) in [5, 5.41) is 4.73. The molecule has 0 saturated carbocycles. The van der Waals surface area contributed by atoms with Gasteiger partial charge in [-0.25, -0.2) is 0 Å². The van der Waals surface area contributed by atoms with Crippen molar-refractivity contribution >= 4 is 28.8 Å². The van der Waals surface area contributed by atoms with Crippen molar-refractivity contribution in [2.75, 3.05) is 24.6 Å². The first-order valence-electron chi connectivity index (χ1n) is 7.44. The summed E-state index contributed by atoms with van der Waals surface area (Å²) in [5.74, 6) is -0.168. The number of hydrogen-bond donors (Lipinski definition) is 1.